The number of thiophene rings is 1. The van der Waals surface area contributed by atoms with Crippen molar-refractivity contribution in [3.63, 3.8) is 0 Å². The molecule has 0 bridgehead atoms. The Labute approximate surface area is 183 Å². The molecule has 4 aromatic rings. The number of rotatable bonds is 6. The second-order valence-corrected chi connectivity index (χ2v) is 8.14. The summed E-state index contributed by atoms with van der Waals surface area (Å²) < 4.78 is 12.5. The number of nitrogens with one attached hydrogen (secondary N) is 1. The van der Waals surface area contributed by atoms with E-state index in [1.54, 1.807) is 12.1 Å². The van der Waals surface area contributed by atoms with Gasteiger partial charge in [0.25, 0.3) is 5.91 Å². The van der Waals surface area contributed by atoms with Crippen LogP contribution in [0.1, 0.15) is 20.9 Å². The molecule has 0 unspecified atom stereocenters. The number of hydrogen-bond acceptors (Lipinski definition) is 5. The molecule has 8 heteroatoms. The molecule has 0 saturated carbocycles. The average Bonchev–Trinajstić information content (AvgIpc) is 3.31. The van der Waals surface area contributed by atoms with Crippen LogP contribution in [0.3, 0.4) is 0 Å². The summed E-state index contributed by atoms with van der Waals surface area (Å²) in [6, 6.07) is 15.2. The Morgan fingerprint density at radius 2 is 1.87 bits per heavy atom. The first-order valence-electron chi connectivity index (χ1n) is 9.24. The number of aryl methyl sites for hydroxylation is 1. The predicted octanol–water partition coefficient (Wildman–Crippen LogP) is 5.38. The lowest BCUT2D eigenvalue weighted by molar-refractivity contribution is 0.103. The summed E-state index contributed by atoms with van der Waals surface area (Å²) in [4.78, 5) is 14.5. The molecule has 0 aliphatic carbocycles. The molecule has 2 heterocycles. The third-order valence-electron chi connectivity index (χ3n) is 4.73. The highest BCUT2D eigenvalue weighted by Gasteiger charge is 2.19. The number of benzene rings is 2. The summed E-state index contributed by atoms with van der Waals surface area (Å²) in [5, 5.41) is 8.91. The Kier molecular flexibility index (Phi) is 5.65. The molecule has 1 N–H and O–H groups in total. The van der Waals surface area contributed by atoms with Gasteiger partial charge in [0, 0.05) is 17.5 Å². The van der Waals surface area contributed by atoms with Crippen LogP contribution >= 0.6 is 22.9 Å². The van der Waals surface area contributed by atoms with E-state index in [1.807, 2.05) is 35.9 Å². The number of anilines is 1. The van der Waals surface area contributed by atoms with E-state index in [1.165, 1.54) is 25.6 Å². The molecule has 0 aliphatic heterocycles. The monoisotopic (exact) mass is 441 g/mol. The van der Waals surface area contributed by atoms with Gasteiger partial charge in [-0.05, 0) is 18.6 Å². The second-order valence-electron chi connectivity index (χ2n) is 6.70. The minimum Gasteiger partial charge on any atom is -0.495 e. The first kappa shape index (κ1) is 20.3. The van der Waals surface area contributed by atoms with Crippen LogP contribution < -0.4 is 14.8 Å². The maximum Gasteiger partial charge on any atom is 0.265 e. The van der Waals surface area contributed by atoms with Crippen molar-refractivity contribution in [1.82, 2.24) is 9.78 Å². The van der Waals surface area contributed by atoms with Crippen molar-refractivity contribution in [1.29, 1.82) is 0 Å². The number of ether oxygens (including phenoxy) is 2. The number of carbonyl (C=O) groups excluding carboxylic acids is 1. The second kappa shape index (κ2) is 8.38. The van der Waals surface area contributed by atoms with Crippen LogP contribution in [0.5, 0.6) is 11.5 Å². The zero-order valence-corrected chi connectivity index (χ0v) is 18.3. The van der Waals surface area contributed by atoms with Gasteiger partial charge < -0.3 is 14.8 Å². The van der Waals surface area contributed by atoms with E-state index in [9.17, 15) is 4.79 Å². The Morgan fingerprint density at radius 3 is 2.57 bits per heavy atom. The molecule has 0 radical (unpaired) electrons. The third-order valence-corrected chi connectivity index (χ3v) is 6.17. The van der Waals surface area contributed by atoms with Crippen molar-refractivity contribution in [2.45, 2.75) is 13.5 Å². The molecule has 0 fully saturated rings. The van der Waals surface area contributed by atoms with E-state index in [0.717, 1.165) is 21.5 Å². The summed E-state index contributed by atoms with van der Waals surface area (Å²) >= 11 is 7.56. The molecule has 1 amide bonds. The number of methoxy groups -OCH3 is 2. The van der Waals surface area contributed by atoms with Gasteiger partial charge in [0.05, 0.1) is 42.0 Å². The van der Waals surface area contributed by atoms with Gasteiger partial charge in [-0.3, -0.25) is 9.48 Å². The number of aromatic nitrogens is 2. The molecule has 0 spiro atoms. The van der Waals surface area contributed by atoms with Gasteiger partial charge in [-0.1, -0.05) is 41.9 Å². The molecule has 2 aromatic heterocycles. The number of amides is 1. The number of halogens is 1. The molecular weight excluding hydrogens is 422 g/mol. The maximum absolute atomic E-state index is 13.0. The van der Waals surface area contributed by atoms with Crippen LogP contribution in [0.4, 0.5) is 5.69 Å². The molecule has 154 valence electrons. The fraction of sp³-hybridized carbons (Fsp3) is 0.182. The van der Waals surface area contributed by atoms with Gasteiger partial charge in [-0.2, -0.15) is 5.10 Å². The van der Waals surface area contributed by atoms with Crippen molar-refractivity contribution >= 4 is 44.7 Å². The number of fused-ring (bicyclic) bond motifs is 1. The summed E-state index contributed by atoms with van der Waals surface area (Å²) in [5.74, 6) is 0.685. The van der Waals surface area contributed by atoms with E-state index in [-0.39, 0.29) is 5.91 Å². The van der Waals surface area contributed by atoms with Crippen LogP contribution in [-0.4, -0.2) is 29.9 Å². The Balaban J connectivity index is 1.64. The lowest BCUT2D eigenvalue weighted by Gasteiger charge is -2.12. The summed E-state index contributed by atoms with van der Waals surface area (Å²) in [5.41, 5.74) is 2.53. The maximum atomic E-state index is 13.0. The topological polar surface area (TPSA) is 65.4 Å². The van der Waals surface area contributed by atoms with Crippen LogP contribution in [0.15, 0.2) is 48.5 Å². The number of hydrogen-bond donors (Lipinski definition) is 1. The van der Waals surface area contributed by atoms with E-state index in [4.69, 9.17) is 21.1 Å². The number of nitrogens with zero attached hydrogens (tertiary/aromatic N) is 2. The van der Waals surface area contributed by atoms with Gasteiger partial charge in [-0.25, -0.2) is 0 Å². The smallest absolute Gasteiger partial charge is 0.265 e. The Bertz CT molecular complexity index is 1220. The lowest BCUT2D eigenvalue weighted by atomic mass is 10.2. The molecule has 0 aliphatic rings. The van der Waals surface area contributed by atoms with E-state index in [2.05, 4.69) is 22.5 Å². The molecule has 0 atom stereocenters. The summed E-state index contributed by atoms with van der Waals surface area (Å²) in [6.07, 6.45) is 0. The summed E-state index contributed by atoms with van der Waals surface area (Å²) in [7, 11) is 3.04. The normalized spacial score (nSPS) is 10.9. The van der Waals surface area contributed by atoms with Gasteiger partial charge >= 0.3 is 0 Å². The van der Waals surface area contributed by atoms with Crippen molar-refractivity contribution in [3.05, 3.63) is 69.7 Å². The van der Waals surface area contributed by atoms with Gasteiger partial charge in [0.1, 0.15) is 16.3 Å². The van der Waals surface area contributed by atoms with Crippen LogP contribution in [-0.2, 0) is 6.54 Å². The third kappa shape index (κ3) is 3.86. The highest BCUT2D eigenvalue weighted by molar-refractivity contribution is 7.20. The zero-order chi connectivity index (χ0) is 21.3. The first-order valence-corrected chi connectivity index (χ1v) is 10.4. The van der Waals surface area contributed by atoms with Crippen molar-refractivity contribution in [3.8, 4) is 11.5 Å². The Hall–Kier alpha value is -3.03. The largest absolute Gasteiger partial charge is 0.495 e. The summed E-state index contributed by atoms with van der Waals surface area (Å²) in [6.45, 7) is 2.60. The van der Waals surface area contributed by atoms with E-state index >= 15 is 0 Å². The number of carbonyl (C=O) groups is 1. The SMILES string of the molecule is COc1cc(NC(=O)c2cc3c(C)nn(Cc4ccccc4)c3s2)c(OC)cc1Cl. The molecular formula is C22H20ClN3O3S. The van der Waals surface area contributed by atoms with Crippen LogP contribution in [0.2, 0.25) is 5.02 Å². The highest BCUT2D eigenvalue weighted by atomic mass is 35.5. The average molecular weight is 442 g/mol. The minimum atomic E-state index is -0.232. The van der Waals surface area contributed by atoms with Gasteiger partial charge in [-0.15, -0.1) is 11.3 Å². The first-order chi connectivity index (χ1) is 14.5. The molecule has 0 saturated heterocycles. The van der Waals surface area contributed by atoms with E-state index < -0.39 is 0 Å². The van der Waals surface area contributed by atoms with Crippen molar-refractivity contribution < 1.29 is 14.3 Å². The molecule has 2 aromatic carbocycles. The minimum absolute atomic E-state index is 0.232. The van der Waals surface area contributed by atoms with Crippen molar-refractivity contribution in [2.24, 2.45) is 0 Å². The van der Waals surface area contributed by atoms with Crippen LogP contribution in [0.25, 0.3) is 10.2 Å². The fourth-order valence-electron chi connectivity index (χ4n) is 3.23. The predicted molar refractivity (Wildman–Crippen MR) is 120 cm³/mol. The van der Waals surface area contributed by atoms with Crippen molar-refractivity contribution in [2.75, 3.05) is 19.5 Å². The fourth-order valence-corrected chi connectivity index (χ4v) is 4.52. The standard InChI is InChI=1S/C22H20ClN3O3S/c1-13-15-9-20(30-22(15)26(25-13)12-14-7-5-4-6-8-14)21(27)24-17-11-18(28-2)16(23)10-19(17)29-3/h4-11H,12H2,1-3H3,(H,24,27). The Morgan fingerprint density at radius 1 is 1.13 bits per heavy atom. The highest BCUT2D eigenvalue weighted by Crippen LogP contribution is 2.37. The molecule has 6 nitrogen and oxygen atoms in total. The molecule has 30 heavy (non-hydrogen) atoms. The van der Waals surface area contributed by atoms with Gasteiger partial charge in [0.2, 0.25) is 0 Å². The zero-order valence-electron chi connectivity index (χ0n) is 16.7. The molecule has 4 rings (SSSR count). The van der Waals surface area contributed by atoms with Crippen LogP contribution in [0, 0.1) is 6.92 Å². The quantitative estimate of drug-likeness (QED) is 0.436. The lowest BCUT2D eigenvalue weighted by Crippen LogP contribution is -2.11. The van der Waals surface area contributed by atoms with Gasteiger partial charge in [0.15, 0.2) is 0 Å². The van der Waals surface area contributed by atoms with E-state index in [0.29, 0.717) is 33.6 Å².